The molecule has 0 spiro atoms. The quantitative estimate of drug-likeness (QED) is 0.207. The van der Waals surface area contributed by atoms with Gasteiger partial charge in [-0.05, 0) is 88.6 Å². The van der Waals surface area contributed by atoms with E-state index in [-0.39, 0.29) is 0 Å². The first-order valence-corrected chi connectivity index (χ1v) is 14.7. The monoisotopic (exact) mass is 552 g/mol. The number of aromatic nitrogens is 4. The van der Waals surface area contributed by atoms with Crippen molar-refractivity contribution in [1.29, 1.82) is 0 Å². The van der Waals surface area contributed by atoms with E-state index >= 15 is 0 Å². The predicted octanol–water partition coefficient (Wildman–Crippen LogP) is 9.77. The Morgan fingerprint density at radius 1 is 0.349 bits per heavy atom. The maximum absolute atomic E-state index is 2.38. The summed E-state index contributed by atoms with van der Waals surface area (Å²) in [5, 5.41) is 4.86. The van der Waals surface area contributed by atoms with Crippen molar-refractivity contribution in [2.75, 3.05) is 0 Å². The van der Waals surface area contributed by atoms with Crippen molar-refractivity contribution in [3.8, 4) is 22.7 Å². The summed E-state index contributed by atoms with van der Waals surface area (Å²) in [6.45, 7) is 2.24. The molecule has 9 rings (SSSR count). The van der Waals surface area contributed by atoms with Gasteiger partial charge in [-0.15, -0.1) is 0 Å². The van der Waals surface area contributed by atoms with Crippen LogP contribution in [0.15, 0.2) is 152 Å². The van der Waals surface area contributed by atoms with Gasteiger partial charge in [0.1, 0.15) is 0 Å². The highest BCUT2D eigenvalue weighted by molar-refractivity contribution is 5.92. The van der Waals surface area contributed by atoms with Gasteiger partial charge in [0.25, 0.3) is 0 Å². The van der Waals surface area contributed by atoms with E-state index in [1.54, 1.807) is 0 Å². The lowest BCUT2D eigenvalue weighted by Gasteiger charge is -2.25. The van der Waals surface area contributed by atoms with Crippen molar-refractivity contribution in [3.05, 3.63) is 158 Å². The van der Waals surface area contributed by atoms with Crippen molar-refractivity contribution in [2.45, 2.75) is 6.92 Å². The van der Waals surface area contributed by atoms with Gasteiger partial charge in [0.15, 0.2) is 0 Å². The fourth-order valence-corrected chi connectivity index (χ4v) is 6.84. The lowest BCUT2D eigenvalue weighted by atomic mass is 10.1. The molecule has 0 aliphatic heterocycles. The number of fused-ring (bicyclic) bond motifs is 4. The zero-order chi connectivity index (χ0) is 28.5. The van der Waals surface area contributed by atoms with E-state index < -0.39 is 0 Å². The van der Waals surface area contributed by atoms with Gasteiger partial charge < -0.3 is 18.3 Å². The van der Waals surface area contributed by atoms with Gasteiger partial charge in [-0.2, -0.15) is 0 Å². The van der Waals surface area contributed by atoms with E-state index in [2.05, 4.69) is 177 Å². The highest BCUT2D eigenvalue weighted by Crippen LogP contribution is 2.41. The molecule has 9 aromatic rings. The summed E-state index contributed by atoms with van der Waals surface area (Å²) in [4.78, 5) is 0. The van der Waals surface area contributed by atoms with Gasteiger partial charge in [-0.25, -0.2) is 0 Å². The van der Waals surface area contributed by atoms with Crippen LogP contribution in [0.1, 0.15) is 5.56 Å². The highest BCUT2D eigenvalue weighted by atomic mass is 15.1. The molecule has 43 heavy (non-hydrogen) atoms. The van der Waals surface area contributed by atoms with Crippen LogP contribution >= 0.6 is 0 Å². The average Bonchev–Trinajstić information content (AvgIpc) is 3.85. The molecule has 0 radical (unpaired) electrons. The molecule has 4 aromatic heterocycles. The Balaban J connectivity index is 1.51. The lowest BCUT2D eigenvalue weighted by Crippen LogP contribution is -2.13. The molecule has 0 aliphatic carbocycles. The minimum atomic E-state index is 1.13. The van der Waals surface area contributed by atoms with E-state index in [1.807, 2.05) is 0 Å². The standard InChI is InChI=1S/C39H28N4/c1-27-26-36(40-22-18-28-10-2-6-14-32(28)40)38(42-24-20-30-12-4-8-16-34(30)42)39(43-25-21-31-13-5-9-17-35(31)43)37(27)41-23-19-29-11-3-7-15-33(29)41/h2-26H,1H3. The molecule has 0 amide bonds. The smallest absolute Gasteiger partial charge is 0.0966 e. The van der Waals surface area contributed by atoms with E-state index in [0.29, 0.717) is 0 Å². The number of hydrogen-bond acceptors (Lipinski definition) is 0. The summed E-state index contributed by atoms with van der Waals surface area (Å²) in [6.07, 6.45) is 8.86. The van der Waals surface area contributed by atoms with Crippen molar-refractivity contribution in [2.24, 2.45) is 0 Å². The van der Waals surface area contributed by atoms with Crippen molar-refractivity contribution < 1.29 is 0 Å². The normalized spacial score (nSPS) is 11.8. The molecular formula is C39H28N4. The van der Waals surface area contributed by atoms with Crippen LogP contribution in [-0.4, -0.2) is 18.3 Å². The van der Waals surface area contributed by atoms with Crippen molar-refractivity contribution in [3.63, 3.8) is 0 Å². The van der Waals surface area contributed by atoms with Gasteiger partial charge >= 0.3 is 0 Å². The van der Waals surface area contributed by atoms with Gasteiger partial charge in [0, 0.05) is 24.8 Å². The Bertz CT molecular complexity index is 2480. The molecule has 204 valence electrons. The topological polar surface area (TPSA) is 19.7 Å². The highest BCUT2D eigenvalue weighted by Gasteiger charge is 2.25. The Morgan fingerprint density at radius 3 is 1.16 bits per heavy atom. The predicted molar refractivity (Wildman–Crippen MR) is 179 cm³/mol. The summed E-state index contributed by atoms with van der Waals surface area (Å²) in [6, 6.07) is 45.8. The van der Waals surface area contributed by atoms with Crippen molar-refractivity contribution >= 4 is 43.6 Å². The number of benzene rings is 5. The lowest BCUT2D eigenvalue weighted by molar-refractivity contribution is 0.968. The van der Waals surface area contributed by atoms with E-state index in [4.69, 9.17) is 0 Å². The Kier molecular flexibility index (Phi) is 5.08. The van der Waals surface area contributed by atoms with Gasteiger partial charge in [0.05, 0.1) is 44.8 Å². The molecule has 4 heterocycles. The molecule has 4 nitrogen and oxygen atoms in total. The molecule has 0 fully saturated rings. The van der Waals surface area contributed by atoms with Gasteiger partial charge in [-0.3, -0.25) is 0 Å². The fraction of sp³-hybridized carbons (Fsp3) is 0.0256. The molecule has 0 aliphatic rings. The summed E-state index contributed by atoms with van der Waals surface area (Å²) in [5.41, 5.74) is 10.5. The minimum Gasteiger partial charge on any atom is -0.314 e. The van der Waals surface area contributed by atoms with Crippen LogP contribution in [0.4, 0.5) is 0 Å². The fourth-order valence-electron chi connectivity index (χ4n) is 6.84. The number of para-hydroxylation sites is 4. The van der Waals surface area contributed by atoms with Crippen LogP contribution in [0.2, 0.25) is 0 Å². The van der Waals surface area contributed by atoms with E-state index in [1.165, 1.54) is 49.2 Å². The summed E-state index contributed by atoms with van der Waals surface area (Å²) >= 11 is 0. The molecule has 4 heteroatoms. The summed E-state index contributed by atoms with van der Waals surface area (Å²) in [5.74, 6) is 0. The Labute approximate surface area is 248 Å². The number of aryl methyl sites for hydroxylation is 1. The van der Waals surface area contributed by atoms with Crippen LogP contribution in [0.3, 0.4) is 0 Å². The van der Waals surface area contributed by atoms with Crippen LogP contribution in [0, 0.1) is 6.92 Å². The molecular weight excluding hydrogens is 524 g/mol. The van der Waals surface area contributed by atoms with E-state index in [9.17, 15) is 0 Å². The van der Waals surface area contributed by atoms with Crippen LogP contribution < -0.4 is 0 Å². The molecule has 5 aromatic carbocycles. The molecule has 0 N–H and O–H groups in total. The van der Waals surface area contributed by atoms with Crippen LogP contribution in [0.25, 0.3) is 66.4 Å². The summed E-state index contributed by atoms with van der Waals surface area (Å²) < 4.78 is 9.46. The minimum absolute atomic E-state index is 1.13. The maximum Gasteiger partial charge on any atom is 0.0966 e. The molecule has 0 atom stereocenters. The number of hydrogen-bond donors (Lipinski definition) is 0. The zero-order valence-corrected chi connectivity index (χ0v) is 23.7. The third-order valence-corrected chi connectivity index (χ3v) is 8.80. The van der Waals surface area contributed by atoms with Crippen molar-refractivity contribution in [1.82, 2.24) is 18.3 Å². The second-order valence-electron chi connectivity index (χ2n) is 11.2. The molecule has 0 saturated heterocycles. The third kappa shape index (κ3) is 3.50. The SMILES string of the molecule is Cc1cc(-n2ccc3ccccc32)c(-n2ccc3ccccc32)c(-n2ccc3ccccc32)c1-n1ccc2ccccc21. The second kappa shape index (κ2) is 9.13. The maximum atomic E-state index is 2.38. The first kappa shape index (κ1) is 23.9. The zero-order valence-electron chi connectivity index (χ0n) is 23.7. The van der Waals surface area contributed by atoms with Gasteiger partial charge in [0.2, 0.25) is 0 Å². The first-order valence-electron chi connectivity index (χ1n) is 14.7. The average molecular weight is 553 g/mol. The summed E-state index contributed by atoms with van der Waals surface area (Å²) in [7, 11) is 0. The molecule has 0 saturated carbocycles. The number of rotatable bonds is 4. The Hall–Kier alpha value is -5.74. The largest absolute Gasteiger partial charge is 0.314 e. The van der Waals surface area contributed by atoms with Crippen LogP contribution in [-0.2, 0) is 0 Å². The third-order valence-electron chi connectivity index (χ3n) is 8.80. The molecule has 0 unspecified atom stereocenters. The molecule has 0 bridgehead atoms. The second-order valence-corrected chi connectivity index (χ2v) is 11.2. The first-order chi connectivity index (χ1) is 21.3. The Morgan fingerprint density at radius 2 is 0.698 bits per heavy atom. The van der Waals surface area contributed by atoms with Crippen LogP contribution in [0.5, 0.6) is 0 Å². The van der Waals surface area contributed by atoms with E-state index in [0.717, 1.165) is 22.7 Å². The van der Waals surface area contributed by atoms with Gasteiger partial charge in [-0.1, -0.05) is 72.8 Å². The number of nitrogens with zero attached hydrogens (tertiary/aromatic N) is 4.